The number of aliphatic hydroxyl groups is 1. The largest absolute Gasteiger partial charge is 0.387 e. The van der Waals surface area contributed by atoms with E-state index >= 15 is 0 Å². The van der Waals surface area contributed by atoms with Crippen molar-refractivity contribution in [2.45, 2.75) is 51.7 Å². The number of rotatable bonds is 1. The lowest BCUT2D eigenvalue weighted by atomic mass is 10.0. The van der Waals surface area contributed by atoms with Crippen molar-refractivity contribution in [3.63, 3.8) is 0 Å². The van der Waals surface area contributed by atoms with Gasteiger partial charge in [-0.25, -0.2) is 9.97 Å². The molecule has 116 valence electrons. The molecule has 0 aromatic carbocycles. The van der Waals surface area contributed by atoms with E-state index in [1.165, 1.54) is 0 Å². The van der Waals surface area contributed by atoms with Gasteiger partial charge < -0.3 is 10.0 Å². The Balaban J connectivity index is 1.81. The van der Waals surface area contributed by atoms with Crippen molar-refractivity contribution in [1.29, 1.82) is 0 Å². The molecule has 1 aromatic heterocycles. The van der Waals surface area contributed by atoms with Crippen molar-refractivity contribution in [2.24, 2.45) is 0 Å². The molecule has 0 spiro atoms. The quantitative estimate of drug-likeness (QED) is 0.856. The Kier molecular flexibility index (Phi) is 3.66. The van der Waals surface area contributed by atoms with Gasteiger partial charge in [-0.1, -0.05) is 6.92 Å². The van der Waals surface area contributed by atoms with Crippen LogP contribution < -0.4 is 4.90 Å². The summed E-state index contributed by atoms with van der Waals surface area (Å²) in [5.74, 6) is 1.38. The van der Waals surface area contributed by atoms with Crippen molar-refractivity contribution in [1.82, 2.24) is 14.9 Å². The fourth-order valence-electron chi connectivity index (χ4n) is 3.54. The molecular weight excluding hydrogens is 264 g/mol. The Bertz CT molecular complexity index is 517. The SMILES string of the molecule is C[C@@H]1CC(O)c2ncnc(N3CCN(C(C)(C)C)CC3)c21. The molecule has 1 aliphatic heterocycles. The van der Waals surface area contributed by atoms with Crippen LogP contribution in [0.1, 0.15) is 57.4 Å². The fraction of sp³-hybridized carbons (Fsp3) is 0.750. The predicted octanol–water partition coefficient (Wildman–Crippen LogP) is 1.94. The van der Waals surface area contributed by atoms with Gasteiger partial charge in [0.1, 0.15) is 12.1 Å². The zero-order chi connectivity index (χ0) is 15.2. The van der Waals surface area contributed by atoms with Gasteiger partial charge in [-0.15, -0.1) is 0 Å². The average molecular weight is 290 g/mol. The van der Waals surface area contributed by atoms with Crippen molar-refractivity contribution in [3.8, 4) is 0 Å². The molecule has 5 heteroatoms. The summed E-state index contributed by atoms with van der Waals surface area (Å²) in [7, 11) is 0. The maximum atomic E-state index is 10.1. The van der Waals surface area contributed by atoms with Gasteiger partial charge >= 0.3 is 0 Å². The van der Waals surface area contributed by atoms with Crippen LogP contribution in [0.2, 0.25) is 0 Å². The smallest absolute Gasteiger partial charge is 0.135 e. The summed E-state index contributed by atoms with van der Waals surface area (Å²) >= 11 is 0. The monoisotopic (exact) mass is 290 g/mol. The lowest BCUT2D eigenvalue weighted by molar-refractivity contribution is 0.128. The van der Waals surface area contributed by atoms with E-state index in [1.54, 1.807) is 6.33 Å². The lowest BCUT2D eigenvalue weighted by Crippen LogP contribution is -2.53. The minimum absolute atomic E-state index is 0.225. The molecule has 1 aliphatic carbocycles. The molecule has 1 N–H and O–H groups in total. The van der Waals surface area contributed by atoms with Gasteiger partial charge in [0.25, 0.3) is 0 Å². The maximum absolute atomic E-state index is 10.1. The predicted molar refractivity (Wildman–Crippen MR) is 83.6 cm³/mol. The number of piperazine rings is 1. The van der Waals surface area contributed by atoms with Crippen LogP contribution in [0.3, 0.4) is 0 Å². The molecule has 0 amide bonds. The fourth-order valence-corrected chi connectivity index (χ4v) is 3.54. The first-order valence-electron chi connectivity index (χ1n) is 7.91. The maximum Gasteiger partial charge on any atom is 0.135 e. The van der Waals surface area contributed by atoms with Crippen LogP contribution in [0.5, 0.6) is 0 Å². The Hall–Kier alpha value is -1.20. The van der Waals surface area contributed by atoms with E-state index in [2.05, 4.69) is 47.5 Å². The van der Waals surface area contributed by atoms with E-state index in [-0.39, 0.29) is 5.54 Å². The number of fused-ring (bicyclic) bond motifs is 1. The molecule has 1 fully saturated rings. The number of aliphatic hydroxyl groups excluding tert-OH is 1. The first-order valence-corrected chi connectivity index (χ1v) is 7.91. The summed E-state index contributed by atoms with van der Waals surface area (Å²) in [5.41, 5.74) is 2.23. The number of hydrogen-bond acceptors (Lipinski definition) is 5. The van der Waals surface area contributed by atoms with E-state index in [1.807, 2.05) is 0 Å². The number of aromatic nitrogens is 2. The Morgan fingerprint density at radius 1 is 1.14 bits per heavy atom. The molecule has 2 atom stereocenters. The van der Waals surface area contributed by atoms with E-state index in [4.69, 9.17) is 0 Å². The molecule has 5 nitrogen and oxygen atoms in total. The third-order valence-electron chi connectivity index (χ3n) is 4.81. The van der Waals surface area contributed by atoms with Crippen LogP contribution in [-0.2, 0) is 0 Å². The van der Waals surface area contributed by atoms with Crippen LogP contribution in [0.4, 0.5) is 5.82 Å². The Labute approximate surface area is 127 Å². The summed E-state index contributed by atoms with van der Waals surface area (Å²) < 4.78 is 0. The van der Waals surface area contributed by atoms with E-state index < -0.39 is 6.10 Å². The van der Waals surface area contributed by atoms with Crippen molar-refractivity contribution in [3.05, 3.63) is 17.6 Å². The minimum Gasteiger partial charge on any atom is -0.387 e. The summed E-state index contributed by atoms with van der Waals surface area (Å²) in [5, 5.41) is 10.1. The number of nitrogens with zero attached hydrogens (tertiary/aromatic N) is 4. The molecule has 0 saturated carbocycles. The van der Waals surface area contributed by atoms with E-state index in [0.717, 1.165) is 49.7 Å². The highest BCUT2D eigenvalue weighted by Gasteiger charge is 2.34. The van der Waals surface area contributed by atoms with Gasteiger partial charge in [0, 0.05) is 37.3 Å². The lowest BCUT2D eigenvalue weighted by Gasteiger charge is -2.43. The van der Waals surface area contributed by atoms with Gasteiger partial charge in [-0.05, 0) is 33.1 Å². The minimum atomic E-state index is -0.424. The van der Waals surface area contributed by atoms with Gasteiger partial charge in [-0.2, -0.15) is 0 Å². The standard InChI is InChI=1S/C16H26N4O/c1-11-9-12(21)14-13(11)15(18-10-17-14)19-5-7-20(8-6-19)16(2,3)4/h10-12,21H,5-9H2,1-4H3/t11-,12?/m1/s1. The van der Waals surface area contributed by atoms with Gasteiger partial charge in [0.05, 0.1) is 11.8 Å². The van der Waals surface area contributed by atoms with Gasteiger partial charge in [0.15, 0.2) is 0 Å². The summed E-state index contributed by atoms with van der Waals surface area (Å²) in [6.07, 6.45) is 1.95. The van der Waals surface area contributed by atoms with Crippen LogP contribution >= 0.6 is 0 Å². The van der Waals surface area contributed by atoms with E-state index in [9.17, 15) is 5.11 Å². The molecule has 1 saturated heterocycles. The molecule has 2 heterocycles. The third kappa shape index (κ3) is 2.64. The summed E-state index contributed by atoms with van der Waals surface area (Å²) in [6.45, 7) is 13.1. The molecule has 3 rings (SSSR count). The number of anilines is 1. The second kappa shape index (κ2) is 5.21. The van der Waals surface area contributed by atoms with Crippen LogP contribution in [0.15, 0.2) is 6.33 Å². The first kappa shape index (κ1) is 14.7. The van der Waals surface area contributed by atoms with Crippen molar-refractivity contribution >= 4 is 5.82 Å². The molecule has 2 aliphatic rings. The van der Waals surface area contributed by atoms with Crippen molar-refractivity contribution < 1.29 is 5.11 Å². The molecule has 21 heavy (non-hydrogen) atoms. The highest BCUT2D eigenvalue weighted by molar-refractivity contribution is 5.53. The highest BCUT2D eigenvalue weighted by atomic mass is 16.3. The molecule has 1 aromatic rings. The second-order valence-corrected chi connectivity index (χ2v) is 7.29. The Morgan fingerprint density at radius 2 is 1.81 bits per heavy atom. The molecule has 0 bridgehead atoms. The topological polar surface area (TPSA) is 52.5 Å². The van der Waals surface area contributed by atoms with Crippen LogP contribution in [0, 0.1) is 0 Å². The van der Waals surface area contributed by atoms with Crippen LogP contribution in [0.25, 0.3) is 0 Å². The van der Waals surface area contributed by atoms with E-state index in [0.29, 0.717) is 5.92 Å². The zero-order valence-corrected chi connectivity index (χ0v) is 13.5. The van der Waals surface area contributed by atoms with Gasteiger partial charge in [0.2, 0.25) is 0 Å². The normalized spacial score (nSPS) is 27.0. The molecule has 1 unspecified atom stereocenters. The first-order chi connectivity index (χ1) is 9.88. The number of hydrogen-bond donors (Lipinski definition) is 1. The van der Waals surface area contributed by atoms with Crippen molar-refractivity contribution in [2.75, 3.05) is 31.1 Å². The highest BCUT2D eigenvalue weighted by Crippen LogP contribution is 2.42. The molecule has 0 radical (unpaired) electrons. The van der Waals surface area contributed by atoms with Gasteiger partial charge in [-0.3, -0.25) is 4.90 Å². The summed E-state index contributed by atoms with van der Waals surface area (Å²) in [4.78, 5) is 13.7. The third-order valence-corrected chi connectivity index (χ3v) is 4.81. The zero-order valence-electron chi connectivity index (χ0n) is 13.5. The average Bonchev–Trinajstić information content (AvgIpc) is 2.73. The summed E-state index contributed by atoms with van der Waals surface area (Å²) in [6, 6.07) is 0. The molecular formula is C16H26N4O. The van der Waals surface area contributed by atoms with Crippen LogP contribution in [-0.4, -0.2) is 51.7 Å². The second-order valence-electron chi connectivity index (χ2n) is 7.29. The Morgan fingerprint density at radius 3 is 2.43 bits per heavy atom.